The van der Waals surface area contributed by atoms with E-state index in [1.807, 2.05) is 22.6 Å². The SMILES string of the molecule is C[C@@H](NC(=O)c1cc(-c2ccncc2)c[n+]2c1=N[C@@H]1COCC=21)c1cc(N)cc(C(F)(F)F)c1. The number of rotatable bonds is 4. The number of benzene rings is 1. The minimum Gasteiger partial charge on any atom is -0.399 e. The van der Waals surface area contributed by atoms with Crippen molar-refractivity contribution in [1.82, 2.24) is 10.3 Å². The smallest absolute Gasteiger partial charge is 0.399 e. The second kappa shape index (κ2) is 8.21. The third-order valence-electron chi connectivity index (χ3n) is 5.95. The van der Waals surface area contributed by atoms with Gasteiger partial charge in [-0.3, -0.25) is 9.78 Å². The molecule has 2 atom stereocenters. The van der Waals surface area contributed by atoms with Crippen LogP contribution in [0.15, 0.2) is 60.0 Å². The Kier molecular flexibility index (Phi) is 5.32. The molecule has 3 aromatic rings. The van der Waals surface area contributed by atoms with E-state index < -0.39 is 23.7 Å². The largest absolute Gasteiger partial charge is 0.416 e. The summed E-state index contributed by atoms with van der Waals surface area (Å²) < 4.78 is 47.1. The summed E-state index contributed by atoms with van der Waals surface area (Å²) in [6.45, 7) is 2.45. The number of halogens is 3. The van der Waals surface area contributed by atoms with Crippen LogP contribution in [-0.2, 0) is 10.9 Å². The topological polar surface area (TPSA) is 95.5 Å². The Morgan fingerprint density at radius 1 is 1.21 bits per heavy atom. The van der Waals surface area contributed by atoms with E-state index in [-0.39, 0.29) is 17.3 Å². The third kappa shape index (κ3) is 4.01. The molecule has 1 fully saturated rings. The van der Waals surface area contributed by atoms with Gasteiger partial charge in [0.2, 0.25) is 6.04 Å². The summed E-state index contributed by atoms with van der Waals surface area (Å²) in [6.07, 6.45) is 0.685. The minimum absolute atomic E-state index is 0.0266. The first kappa shape index (κ1) is 22.0. The highest BCUT2D eigenvalue weighted by Gasteiger charge is 2.37. The van der Waals surface area contributed by atoms with Crippen LogP contribution in [0.2, 0.25) is 0 Å². The molecular formula is C24H21F3N5O2+. The van der Waals surface area contributed by atoms with Crippen LogP contribution in [0, 0.1) is 5.71 Å². The van der Waals surface area contributed by atoms with Gasteiger partial charge in [0.05, 0.1) is 18.2 Å². The molecule has 2 aliphatic heterocycles. The Morgan fingerprint density at radius 2 is 1.97 bits per heavy atom. The molecule has 2 aromatic heterocycles. The molecule has 10 heteroatoms. The number of pyridine rings is 2. The highest BCUT2D eigenvalue weighted by Crippen LogP contribution is 2.32. The van der Waals surface area contributed by atoms with Crippen LogP contribution >= 0.6 is 0 Å². The molecule has 3 N–H and O–H groups in total. The van der Waals surface area contributed by atoms with Crippen molar-refractivity contribution in [3.05, 3.63) is 82.9 Å². The van der Waals surface area contributed by atoms with Crippen LogP contribution in [0.4, 0.5) is 18.9 Å². The quantitative estimate of drug-likeness (QED) is 0.455. The van der Waals surface area contributed by atoms with E-state index in [0.717, 1.165) is 29.0 Å². The number of nitrogen functional groups attached to an aromatic ring is 1. The number of carbonyl (C=O) groups excluding carboxylic acids is 1. The van der Waals surface area contributed by atoms with Gasteiger partial charge < -0.3 is 15.8 Å². The average Bonchev–Trinajstić information content (AvgIpc) is 3.39. The normalized spacial score (nSPS) is 17.6. The zero-order valence-corrected chi connectivity index (χ0v) is 18.1. The number of nitrogens with one attached hydrogen (secondary N) is 1. The van der Waals surface area contributed by atoms with Gasteiger partial charge in [-0.1, -0.05) is 4.99 Å². The van der Waals surface area contributed by atoms with Gasteiger partial charge in [0.25, 0.3) is 5.91 Å². The van der Waals surface area contributed by atoms with Crippen molar-refractivity contribution in [1.29, 1.82) is 0 Å². The second-order valence-electron chi connectivity index (χ2n) is 8.30. The van der Waals surface area contributed by atoms with Crippen LogP contribution in [-0.4, -0.2) is 30.1 Å². The Labute approximate surface area is 192 Å². The fraction of sp³-hybridized carbons (Fsp3) is 0.250. The van der Waals surface area contributed by atoms with E-state index in [1.54, 1.807) is 25.4 Å². The molecule has 5 rings (SSSR count). The van der Waals surface area contributed by atoms with Crippen molar-refractivity contribution in [2.45, 2.75) is 25.2 Å². The van der Waals surface area contributed by atoms with Gasteiger partial charge in [0, 0.05) is 23.6 Å². The summed E-state index contributed by atoms with van der Waals surface area (Å²) >= 11 is 0. The van der Waals surface area contributed by atoms with E-state index in [1.165, 1.54) is 6.07 Å². The minimum atomic E-state index is -4.54. The van der Waals surface area contributed by atoms with Crippen molar-refractivity contribution in [2.75, 3.05) is 18.9 Å². The molecule has 0 bridgehead atoms. The van der Waals surface area contributed by atoms with Gasteiger partial charge in [-0.25, -0.2) is 0 Å². The molecule has 7 nitrogen and oxygen atoms in total. The first-order valence-corrected chi connectivity index (χ1v) is 10.6. The fourth-order valence-corrected chi connectivity index (χ4v) is 4.21. The van der Waals surface area contributed by atoms with Crippen molar-refractivity contribution in [3.63, 3.8) is 0 Å². The van der Waals surface area contributed by atoms with Crippen LogP contribution in [0.1, 0.15) is 34.5 Å². The first-order valence-electron chi connectivity index (χ1n) is 10.6. The lowest BCUT2D eigenvalue weighted by Gasteiger charge is -2.17. The molecule has 34 heavy (non-hydrogen) atoms. The lowest BCUT2D eigenvalue weighted by Crippen LogP contribution is -2.44. The molecule has 2 aliphatic rings. The van der Waals surface area contributed by atoms with Gasteiger partial charge in [0.15, 0.2) is 5.71 Å². The predicted molar refractivity (Wildman–Crippen MR) is 116 cm³/mol. The van der Waals surface area contributed by atoms with Crippen molar-refractivity contribution in [2.24, 2.45) is 4.99 Å². The summed E-state index contributed by atoms with van der Waals surface area (Å²) in [5, 5.41) is 2.80. The first-order chi connectivity index (χ1) is 16.2. The molecule has 1 amide bonds. The summed E-state index contributed by atoms with van der Waals surface area (Å²) in [5.41, 5.74) is 8.47. The summed E-state index contributed by atoms with van der Waals surface area (Å²) in [5.74, 6) is -0.451. The number of nitrogens with zero attached hydrogens (tertiary/aromatic N) is 3. The highest BCUT2D eigenvalue weighted by molar-refractivity contribution is 5.95. The number of anilines is 1. The maximum absolute atomic E-state index is 13.4. The van der Waals surface area contributed by atoms with E-state index in [4.69, 9.17) is 10.5 Å². The maximum atomic E-state index is 13.4. The number of alkyl halides is 3. The van der Waals surface area contributed by atoms with Crippen LogP contribution in [0.3, 0.4) is 0 Å². The monoisotopic (exact) mass is 468 g/mol. The standard InChI is InChI=1S/C24H20F3N5O2/c1-13(15-6-17(24(25,26)27)9-18(28)7-15)30-23(33)19-8-16(14-2-4-29-5-3-14)10-32-21-12-34-11-20(21)31-22(19)32/h2-10,13,20H,11-12,28H2,1H3/p+1/t13-,20-/m1/s1. The van der Waals surface area contributed by atoms with Crippen molar-refractivity contribution in [3.8, 4) is 11.1 Å². The number of ether oxygens (including phenoxy) is 1. The molecule has 0 aliphatic carbocycles. The summed E-state index contributed by atoms with van der Waals surface area (Å²) in [6, 6.07) is 7.80. The molecule has 0 spiro atoms. The Morgan fingerprint density at radius 3 is 2.71 bits per heavy atom. The molecule has 1 aromatic carbocycles. The highest BCUT2D eigenvalue weighted by atomic mass is 19.4. The molecule has 0 radical (unpaired) electrons. The maximum Gasteiger partial charge on any atom is 0.416 e. The van der Waals surface area contributed by atoms with Crippen molar-refractivity contribution >= 4 is 11.6 Å². The number of carbonyl (C=O) groups is 1. The van der Waals surface area contributed by atoms with E-state index >= 15 is 0 Å². The molecule has 174 valence electrons. The lowest BCUT2D eigenvalue weighted by atomic mass is 10.0. The lowest BCUT2D eigenvalue weighted by molar-refractivity contribution is -0.536. The number of amides is 1. The Balaban J connectivity index is 1.54. The van der Waals surface area contributed by atoms with Crippen molar-refractivity contribution < 1.29 is 26.9 Å². The average molecular weight is 468 g/mol. The van der Waals surface area contributed by atoms with Gasteiger partial charge in [-0.15, -0.1) is 0 Å². The number of hydrogen-bond acceptors (Lipinski definition) is 5. The second-order valence-corrected chi connectivity index (χ2v) is 8.30. The zero-order valence-electron chi connectivity index (χ0n) is 18.1. The van der Waals surface area contributed by atoms with Gasteiger partial charge in [0.1, 0.15) is 18.4 Å². The van der Waals surface area contributed by atoms with Crippen LogP contribution in [0.25, 0.3) is 11.1 Å². The predicted octanol–water partition coefficient (Wildman–Crippen LogP) is 2.54. The zero-order chi connectivity index (χ0) is 24.0. The molecule has 0 saturated carbocycles. The Bertz CT molecular complexity index is 1410. The van der Waals surface area contributed by atoms with Gasteiger partial charge in [-0.05, 0) is 54.4 Å². The summed E-state index contributed by atoms with van der Waals surface area (Å²) in [7, 11) is 0. The molecule has 0 unspecified atom stereocenters. The van der Waals surface area contributed by atoms with Crippen LogP contribution in [0.5, 0.6) is 0 Å². The third-order valence-corrected chi connectivity index (χ3v) is 5.95. The van der Waals surface area contributed by atoms with Crippen LogP contribution < -0.4 is 20.8 Å². The summed E-state index contributed by atoms with van der Waals surface area (Å²) in [4.78, 5) is 22.1. The van der Waals surface area contributed by atoms with Gasteiger partial charge in [-0.2, -0.15) is 17.4 Å². The number of aromatic nitrogens is 2. The van der Waals surface area contributed by atoms with E-state index in [9.17, 15) is 18.0 Å². The fourth-order valence-electron chi connectivity index (χ4n) is 4.21. The molecule has 1 saturated heterocycles. The molecule has 4 heterocycles. The van der Waals surface area contributed by atoms with E-state index in [2.05, 4.69) is 15.3 Å². The number of nitrogens with two attached hydrogens (primary N) is 1. The molecular weight excluding hydrogens is 447 g/mol. The number of hydrogen-bond donors (Lipinski definition) is 2. The number of fused-ring (bicyclic) bond motifs is 2. The van der Waals surface area contributed by atoms with Gasteiger partial charge >= 0.3 is 11.7 Å². The Hall–Kier alpha value is -3.79. The van der Waals surface area contributed by atoms with E-state index in [0.29, 0.717) is 24.3 Å².